The Kier molecular flexibility index (Phi) is 2.60. The Labute approximate surface area is 92.7 Å². The highest BCUT2D eigenvalue weighted by Crippen LogP contribution is 2.41. The summed E-state index contributed by atoms with van der Waals surface area (Å²) in [6.45, 7) is 0. The summed E-state index contributed by atoms with van der Waals surface area (Å²) in [7, 11) is 2.87. The molecule has 0 bridgehead atoms. The summed E-state index contributed by atoms with van der Waals surface area (Å²) >= 11 is 0. The van der Waals surface area contributed by atoms with E-state index >= 15 is 0 Å². The molecule has 0 aliphatic heterocycles. The Hall–Kier alpha value is -0.810. The molecule has 1 heterocycles. The van der Waals surface area contributed by atoms with Crippen LogP contribution in [0.1, 0.15) is 24.3 Å². The number of halogens is 1. The average Bonchev–Trinajstić information content (AvgIpc) is 2.98. The van der Waals surface area contributed by atoms with Crippen LogP contribution in [0, 0.1) is 0 Å². The number of ether oxygens (including phenoxy) is 1. The summed E-state index contributed by atoms with van der Waals surface area (Å²) in [5, 5.41) is 0. The molecule has 1 saturated carbocycles. The van der Waals surface area contributed by atoms with Gasteiger partial charge in [0.2, 0.25) is 5.88 Å². The van der Waals surface area contributed by atoms with Crippen molar-refractivity contribution < 1.29 is 13.2 Å². The topological polar surface area (TPSA) is 56.3 Å². The van der Waals surface area contributed by atoms with Gasteiger partial charge in [-0.25, -0.2) is 13.4 Å². The Balaban J connectivity index is 2.52. The van der Waals surface area contributed by atoms with E-state index in [1.807, 2.05) is 0 Å². The third kappa shape index (κ3) is 2.23. The van der Waals surface area contributed by atoms with Gasteiger partial charge in [-0.2, -0.15) is 0 Å². The van der Waals surface area contributed by atoms with Crippen LogP contribution >= 0.6 is 10.7 Å². The van der Waals surface area contributed by atoms with Gasteiger partial charge in [-0.1, -0.05) is 0 Å². The van der Waals surface area contributed by atoms with Crippen LogP contribution in [0.5, 0.6) is 5.88 Å². The van der Waals surface area contributed by atoms with Crippen molar-refractivity contribution in [2.24, 2.45) is 0 Å². The minimum absolute atomic E-state index is 0.0453. The van der Waals surface area contributed by atoms with E-state index in [9.17, 15) is 8.42 Å². The molecule has 1 aliphatic carbocycles. The molecule has 4 nitrogen and oxygen atoms in total. The predicted octanol–water partition coefficient (Wildman–Crippen LogP) is 1.90. The van der Waals surface area contributed by atoms with E-state index in [0.717, 1.165) is 18.4 Å². The zero-order chi connectivity index (χ0) is 11.1. The molecule has 6 heteroatoms. The highest BCUT2D eigenvalue weighted by molar-refractivity contribution is 8.13. The zero-order valence-corrected chi connectivity index (χ0v) is 9.68. The standard InChI is InChI=1S/C9H10ClNO3S/c1-14-9-8(15(10,12)13)4-7(5-11-9)6-2-3-6/h4-6H,2-3H2,1H3. The van der Waals surface area contributed by atoms with Gasteiger partial charge in [-0.3, -0.25) is 0 Å². The fraction of sp³-hybridized carbons (Fsp3) is 0.444. The van der Waals surface area contributed by atoms with Crippen molar-refractivity contribution in [1.82, 2.24) is 4.98 Å². The molecule has 1 aromatic rings. The lowest BCUT2D eigenvalue weighted by Crippen LogP contribution is -2.00. The molecule has 2 rings (SSSR count). The highest BCUT2D eigenvalue weighted by Gasteiger charge is 2.27. The number of aromatic nitrogens is 1. The van der Waals surface area contributed by atoms with Crippen LogP contribution in [0.25, 0.3) is 0 Å². The van der Waals surface area contributed by atoms with Gasteiger partial charge in [0.25, 0.3) is 9.05 Å². The first kappa shape index (κ1) is 10.7. The molecule has 1 aliphatic rings. The molecule has 0 saturated heterocycles. The number of rotatable bonds is 3. The summed E-state index contributed by atoms with van der Waals surface area (Å²) in [5.74, 6) is 0.481. The second-order valence-electron chi connectivity index (χ2n) is 3.49. The van der Waals surface area contributed by atoms with E-state index in [1.54, 1.807) is 12.3 Å². The minimum atomic E-state index is -3.79. The van der Waals surface area contributed by atoms with Gasteiger partial charge in [0, 0.05) is 16.9 Å². The first-order chi connectivity index (χ1) is 7.02. The van der Waals surface area contributed by atoms with E-state index in [2.05, 4.69) is 4.98 Å². The Bertz CT molecular complexity index is 482. The molecule has 0 amide bonds. The van der Waals surface area contributed by atoms with Crippen molar-refractivity contribution in [1.29, 1.82) is 0 Å². The molecule has 1 aromatic heterocycles. The Morgan fingerprint density at radius 1 is 1.53 bits per heavy atom. The van der Waals surface area contributed by atoms with Crippen LogP contribution in [0.3, 0.4) is 0 Å². The number of hydrogen-bond acceptors (Lipinski definition) is 4. The maximum atomic E-state index is 11.3. The number of pyridine rings is 1. The van der Waals surface area contributed by atoms with Gasteiger partial charge >= 0.3 is 0 Å². The molecule has 15 heavy (non-hydrogen) atoms. The van der Waals surface area contributed by atoms with Crippen molar-refractivity contribution in [2.45, 2.75) is 23.7 Å². The summed E-state index contributed by atoms with van der Waals surface area (Å²) < 4.78 is 27.4. The van der Waals surface area contributed by atoms with Crippen LogP contribution in [0.15, 0.2) is 17.2 Å². The third-order valence-electron chi connectivity index (χ3n) is 2.34. The molecular weight excluding hydrogens is 238 g/mol. The third-order valence-corrected chi connectivity index (χ3v) is 3.66. The smallest absolute Gasteiger partial charge is 0.266 e. The second-order valence-corrected chi connectivity index (χ2v) is 6.02. The maximum Gasteiger partial charge on any atom is 0.266 e. The summed E-state index contributed by atoms with van der Waals surface area (Å²) in [4.78, 5) is 3.89. The molecule has 1 fully saturated rings. The molecule has 0 unspecified atom stereocenters. The van der Waals surface area contributed by atoms with Crippen molar-refractivity contribution in [3.05, 3.63) is 17.8 Å². The lowest BCUT2D eigenvalue weighted by molar-refractivity contribution is 0.385. The van der Waals surface area contributed by atoms with Crippen molar-refractivity contribution in [3.63, 3.8) is 0 Å². The zero-order valence-electron chi connectivity index (χ0n) is 8.10. The normalized spacial score (nSPS) is 16.4. The monoisotopic (exact) mass is 247 g/mol. The van der Waals surface area contributed by atoms with Crippen LogP contribution < -0.4 is 4.74 Å². The van der Waals surface area contributed by atoms with Crippen molar-refractivity contribution in [2.75, 3.05) is 7.11 Å². The quantitative estimate of drug-likeness (QED) is 0.766. The fourth-order valence-electron chi connectivity index (χ4n) is 1.42. The van der Waals surface area contributed by atoms with E-state index in [1.165, 1.54) is 7.11 Å². The second kappa shape index (κ2) is 3.64. The molecule has 0 N–H and O–H groups in total. The summed E-state index contributed by atoms with van der Waals surface area (Å²) in [5.41, 5.74) is 0.912. The van der Waals surface area contributed by atoms with Gasteiger partial charge < -0.3 is 4.74 Å². The SMILES string of the molecule is COc1ncc(C2CC2)cc1S(=O)(=O)Cl. The first-order valence-electron chi connectivity index (χ1n) is 4.51. The van der Waals surface area contributed by atoms with Gasteiger partial charge in [0.15, 0.2) is 0 Å². The summed E-state index contributed by atoms with van der Waals surface area (Å²) in [6, 6.07) is 1.55. The van der Waals surface area contributed by atoms with E-state index in [-0.39, 0.29) is 10.8 Å². The molecule has 0 radical (unpaired) electrons. The molecular formula is C9H10ClNO3S. The fourth-order valence-corrected chi connectivity index (χ4v) is 2.37. The van der Waals surface area contributed by atoms with Crippen LogP contribution in [-0.4, -0.2) is 20.5 Å². The van der Waals surface area contributed by atoms with Crippen molar-refractivity contribution in [3.8, 4) is 5.88 Å². The Morgan fingerprint density at radius 3 is 2.67 bits per heavy atom. The van der Waals surface area contributed by atoms with Crippen molar-refractivity contribution >= 4 is 19.7 Å². The number of hydrogen-bond donors (Lipinski definition) is 0. The largest absolute Gasteiger partial charge is 0.480 e. The number of nitrogens with zero attached hydrogens (tertiary/aromatic N) is 1. The van der Waals surface area contributed by atoms with Crippen LogP contribution in [0.2, 0.25) is 0 Å². The average molecular weight is 248 g/mol. The van der Waals surface area contributed by atoms with E-state index in [0.29, 0.717) is 5.92 Å². The molecule has 0 atom stereocenters. The summed E-state index contributed by atoms with van der Waals surface area (Å²) in [6.07, 6.45) is 3.80. The van der Waals surface area contributed by atoms with Gasteiger partial charge in [-0.05, 0) is 30.4 Å². The maximum absolute atomic E-state index is 11.3. The molecule has 0 aromatic carbocycles. The van der Waals surface area contributed by atoms with E-state index < -0.39 is 9.05 Å². The molecule has 0 spiro atoms. The van der Waals surface area contributed by atoms with E-state index in [4.69, 9.17) is 15.4 Å². The van der Waals surface area contributed by atoms with Crippen LogP contribution in [0.4, 0.5) is 0 Å². The van der Waals surface area contributed by atoms with Gasteiger partial charge in [-0.15, -0.1) is 0 Å². The van der Waals surface area contributed by atoms with Gasteiger partial charge in [0.1, 0.15) is 4.90 Å². The first-order valence-corrected chi connectivity index (χ1v) is 6.82. The highest BCUT2D eigenvalue weighted by atomic mass is 35.7. The van der Waals surface area contributed by atoms with Crippen LogP contribution in [-0.2, 0) is 9.05 Å². The minimum Gasteiger partial charge on any atom is -0.480 e. The predicted molar refractivity (Wildman–Crippen MR) is 55.8 cm³/mol. The number of methoxy groups -OCH3 is 1. The lowest BCUT2D eigenvalue weighted by Gasteiger charge is -2.06. The molecule has 82 valence electrons. The van der Waals surface area contributed by atoms with Gasteiger partial charge in [0.05, 0.1) is 7.11 Å². The Morgan fingerprint density at radius 2 is 2.20 bits per heavy atom. The lowest BCUT2D eigenvalue weighted by atomic mass is 10.2.